The van der Waals surface area contributed by atoms with Crippen LogP contribution in [0.15, 0.2) is 88.2 Å². The van der Waals surface area contributed by atoms with E-state index >= 15 is 0 Å². The molecule has 1 amide bonds. The molecule has 0 aliphatic rings. The Morgan fingerprint density at radius 3 is 2.15 bits per heavy atom. The maximum Gasteiger partial charge on any atom is 0.264 e. The number of hydrogen-bond acceptors (Lipinski definition) is 3. The topological polar surface area (TPSA) is 66.5 Å². The van der Waals surface area contributed by atoms with E-state index in [4.69, 9.17) is 0 Å². The lowest BCUT2D eigenvalue weighted by Crippen LogP contribution is -2.28. The van der Waals surface area contributed by atoms with E-state index in [9.17, 15) is 13.2 Å². The number of para-hydroxylation sites is 1. The third-order valence-electron chi connectivity index (χ3n) is 3.99. The van der Waals surface area contributed by atoms with Crippen molar-refractivity contribution in [3.05, 3.63) is 88.9 Å². The predicted octanol–water partition coefficient (Wildman–Crippen LogP) is 4.53. The molecule has 0 fully saturated rings. The minimum Gasteiger partial charge on any atom is -0.322 e. The standard InChI is InChI=1S/C20H17BrN2O3S/c1-23(17-7-3-2-4-8-17)27(25,26)19-10-6-5-9-18(19)20(24)22-16-13-11-15(21)12-14-16/h2-14H,1H3,(H,22,24). The molecule has 7 heteroatoms. The Kier molecular flexibility index (Phi) is 5.62. The van der Waals surface area contributed by atoms with Gasteiger partial charge in [-0.1, -0.05) is 46.3 Å². The molecule has 0 unspecified atom stereocenters. The average Bonchev–Trinajstić information content (AvgIpc) is 2.69. The number of amides is 1. The van der Waals surface area contributed by atoms with E-state index in [1.807, 2.05) is 6.07 Å². The Morgan fingerprint density at radius 1 is 0.889 bits per heavy atom. The third kappa shape index (κ3) is 4.20. The Hall–Kier alpha value is -2.64. The van der Waals surface area contributed by atoms with Gasteiger partial charge in [-0.25, -0.2) is 8.42 Å². The van der Waals surface area contributed by atoms with Crippen LogP contribution in [0.1, 0.15) is 10.4 Å². The molecule has 0 spiro atoms. The van der Waals surface area contributed by atoms with Crippen LogP contribution in [0.5, 0.6) is 0 Å². The first kappa shape index (κ1) is 19.1. The van der Waals surface area contributed by atoms with Crippen molar-refractivity contribution in [2.45, 2.75) is 4.90 Å². The largest absolute Gasteiger partial charge is 0.322 e. The van der Waals surface area contributed by atoms with Crippen molar-refractivity contribution >= 4 is 43.2 Å². The molecule has 0 saturated heterocycles. The summed E-state index contributed by atoms with van der Waals surface area (Å²) < 4.78 is 28.2. The highest BCUT2D eigenvalue weighted by atomic mass is 79.9. The summed E-state index contributed by atoms with van der Waals surface area (Å²) in [5, 5.41) is 2.73. The number of rotatable bonds is 5. The van der Waals surface area contributed by atoms with E-state index in [-0.39, 0.29) is 10.5 Å². The quantitative estimate of drug-likeness (QED) is 0.628. The summed E-state index contributed by atoms with van der Waals surface area (Å²) in [4.78, 5) is 12.7. The first-order valence-electron chi connectivity index (χ1n) is 8.09. The van der Waals surface area contributed by atoms with Crippen molar-refractivity contribution in [3.8, 4) is 0 Å². The molecule has 0 radical (unpaired) electrons. The van der Waals surface area contributed by atoms with Crippen LogP contribution in [0, 0.1) is 0 Å². The molecule has 1 N–H and O–H groups in total. The SMILES string of the molecule is CN(c1ccccc1)S(=O)(=O)c1ccccc1C(=O)Nc1ccc(Br)cc1. The number of sulfonamides is 1. The van der Waals surface area contributed by atoms with Crippen LogP contribution in [0.2, 0.25) is 0 Å². The Morgan fingerprint density at radius 2 is 1.48 bits per heavy atom. The maximum atomic E-state index is 13.1. The van der Waals surface area contributed by atoms with Crippen molar-refractivity contribution in [2.75, 3.05) is 16.7 Å². The normalized spacial score (nSPS) is 11.0. The molecule has 0 aliphatic carbocycles. The van der Waals surface area contributed by atoms with E-state index in [0.29, 0.717) is 11.4 Å². The van der Waals surface area contributed by atoms with Crippen LogP contribution in [0.25, 0.3) is 0 Å². The summed E-state index contributed by atoms with van der Waals surface area (Å²) in [7, 11) is -2.44. The zero-order valence-electron chi connectivity index (χ0n) is 14.5. The fourth-order valence-corrected chi connectivity index (χ4v) is 4.18. The van der Waals surface area contributed by atoms with Gasteiger partial charge in [-0.3, -0.25) is 9.10 Å². The molecule has 138 valence electrons. The second kappa shape index (κ2) is 7.94. The molecule has 27 heavy (non-hydrogen) atoms. The van der Waals surface area contributed by atoms with Crippen molar-refractivity contribution < 1.29 is 13.2 Å². The minimum absolute atomic E-state index is 0.0500. The Labute approximate surface area is 166 Å². The Balaban J connectivity index is 1.95. The van der Waals surface area contributed by atoms with Gasteiger partial charge in [0.25, 0.3) is 15.9 Å². The molecule has 0 heterocycles. The van der Waals surface area contributed by atoms with Gasteiger partial charge in [-0.05, 0) is 48.5 Å². The summed E-state index contributed by atoms with van der Waals surface area (Å²) in [5.41, 5.74) is 1.18. The van der Waals surface area contributed by atoms with Crippen molar-refractivity contribution in [3.63, 3.8) is 0 Å². The van der Waals surface area contributed by atoms with Crippen molar-refractivity contribution in [1.29, 1.82) is 0 Å². The molecule has 0 atom stereocenters. The smallest absolute Gasteiger partial charge is 0.264 e. The van der Waals surface area contributed by atoms with Crippen LogP contribution in [-0.2, 0) is 10.0 Å². The van der Waals surface area contributed by atoms with Gasteiger partial charge in [0.15, 0.2) is 0 Å². The maximum absolute atomic E-state index is 13.1. The lowest BCUT2D eigenvalue weighted by Gasteiger charge is -2.21. The zero-order chi connectivity index (χ0) is 19.4. The van der Waals surface area contributed by atoms with Gasteiger partial charge in [0.1, 0.15) is 4.90 Å². The fourth-order valence-electron chi connectivity index (χ4n) is 2.54. The zero-order valence-corrected chi connectivity index (χ0v) is 16.9. The molecular formula is C20H17BrN2O3S. The summed E-state index contributed by atoms with van der Waals surface area (Å²) in [6.07, 6.45) is 0. The minimum atomic E-state index is -3.90. The lowest BCUT2D eigenvalue weighted by atomic mass is 10.2. The first-order chi connectivity index (χ1) is 12.9. The number of carbonyl (C=O) groups excluding carboxylic acids is 1. The summed E-state index contributed by atoms with van der Waals surface area (Å²) in [5.74, 6) is -0.488. The van der Waals surface area contributed by atoms with Crippen molar-refractivity contribution in [1.82, 2.24) is 0 Å². The number of nitrogens with zero attached hydrogens (tertiary/aromatic N) is 1. The molecule has 3 aromatic rings. The third-order valence-corrected chi connectivity index (χ3v) is 6.36. The monoisotopic (exact) mass is 444 g/mol. The number of benzene rings is 3. The van der Waals surface area contributed by atoms with E-state index in [2.05, 4.69) is 21.2 Å². The average molecular weight is 445 g/mol. The second-order valence-electron chi connectivity index (χ2n) is 5.77. The number of hydrogen-bond donors (Lipinski definition) is 1. The molecule has 5 nitrogen and oxygen atoms in total. The molecule has 3 aromatic carbocycles. The lowest BCUT2D eigenvalue weighted by molar-refractivity contribution is 0.102. The van der Waals surface area contributed by atoms with E-state index in [1.165, 1.54) is 23.5 Å². The number of carbonyl (C=O) groups is 1. The molecular weight excluding hydrogens is 428 g/mol. The molecule has 0 saturated carbocycles. The van der Waals surface area contributed by atoms with Gasteiger partial charge in [-0.2, -0.15) is 0 Å². The number of nitrogens with one attached hydrogen (secondary N) is 1. The van der Waals surface area contributed by atoms with Gasteiger partial charge in [0.2, 0.25) is 0 Å². The number of anilines is 2. The highest BCUT2D eigenvalue weighted by molar-refractivity contribution is 9.10. The van der Waals surface area contributed by atoms with Crippen LogP contribution < -0.4 is 9.62 Å². The fraction of sp³-hybridized carbons (Fsp3) is 0.0500. The second-order valence-corrected chi connectivity index (χ2v) is 8.62. The molecule has 3 rings (SSSR count). The van der Waals surface area contributed by atoms with E-state index in [1.54, 1.807) is 60.7 Å². The van der Waals surface area contributed by atoms with Crippen LogP contribution in [0.3, 0.4) is 0 Å². The van der Waals surface area contributed by atoms with E-state index in [0.717, 1.165) is 4.47 Å². The Bertz CT molecular complexity index is 1050. The van der Waals surface area contributed by atoms with Gasteiger partial charge >= 0.3 is 0 Å². The summed E-state index contributed by atoms with van der Waals surface area (Å²) in [6, 6.07) is 21.9. The van der Waals surface area contributed by atoms with Crippen LogP contribution >= 0.6 is 15.9 Å². The van der Waals surface area contributed by atoms with Crippen molar-refractivity contribution in [2.24, 2.45) is 0 Å². The molecule has 0 aromatic heterocycles. The van der Waals surface area contributed by atoms with Gasteiger partial charge < -0.3 is 5.32 Å². The highest BCUT2D eigenvalue weighted by Gasteiger charge is 2.26. The summed E-state index contributed by atoms with van der Waals surface area (Å²) in [6.45, 7) is 0. The number of halogens is 1. The van der Waals surface area contributed by atoms with Gasteiger partial charge in [0.05, 0.1) is 11.3 Å². The predicted molar refractivity (Wildman–Crippen MR) is 111 cm³/mol. The molecule has 0 bridgehead atoms. The summed E-state index contributed by atoms with van der Waals surface area (Å²) >= 11 is 3.33. The van der Waals surface area contributed by atoms with Crippen LogP contribution in [-0.4, -0.2) is 21.4 Å². The van der Waals surface area contributed by atoms with Crippen LogP contribution in [0.4, 0.5) is 11.4 Å². The first-order valence-corrected chi connectivity index (χ1v) is 10.3. The van der Waals surface area contributed by atoms with E-state index < -0.39 is 15.9 Å². The highest BCUT2D eigenvalue weighted by Crippen LogP contribution is 2.25. The van der Waals surface area contributed by atoms with Gasteiger partial charge in [-0.15, -0.1) is 0 Å². The van der Waals surface area contributed by atoms with Gasteiger partial charge in [0, 0.05) is 17.2 Å². The molecule has 0 aliphatic heterocycles.